The number of hydrogen-bond donors (Lipinski definition) is 4. The van der Waals surface area contributed by atoms with Gasteiger partial charge in [-0.3, -0.25) is 9.38 Å². The molecule has 1 aromatic carbocycles. The van der Waals surface area contributed by atoms with Gasteiger partial charge in [-0.25, -0.2) is 4.98 Å². The largest absolute Gasteiger partial charge is 0.508 e. The molecule has 0 unspecified atom stereocenters. The van der Waals surface area contributed by atoms with Crippen molar-refractivity contribution in [3.63, 3.8) is 0 Å². The van der Waals surface area contributed by atoms with Crippen LogP contribution in [-0.4, -0.2) is 35.7 Å². The Morgan fingerprint density at radius 3 is 2.48 bits per heavy atom. The van der Waals surface area contributed by atoms with Gasteiger partial charge in [0.05, 0.1) is 11.8 Å². The van der Waals surface area contributed by atoms with Gasteiger partial charge >= 0.3 is 0 Å². The number of phenolic OH excluding ortho intramolecular Hbond substituents is 3. The van der Waals surface area contributed by atoms with E-state index < -0.39 is 0 Å². The van der Waals surface area contributed by atoms with Crippen LogP contribution in [-0.2, 0) is 0 Å². The Balaban J connectivity index is 1.87. The minimum absolute atomic E-state index is 0.194. The van der Waals surface area contributed by atoms with Crippen LogP contribution in [0.4, 0.5) is 5.82 Å². The fraction of sp³-hybridized carbons (Fsp3) is 0.333. The normalized spacial score (nSPS) is 15.5. The van der Waals surface area contributed by atoms with Crippen molar-refractivity contribution < 1.29 is 15.3 Å². The molecule has 2 aromatic heterocycles. The van der Waals surface area contributed by atoms with Crippen LogP contribution in [0.5, 0.6) is 17.2 Å². The van der Waals surface area contributed by atoms with Gasteiger partial charge in [0, 0.05) is 30.6 Å². The summed E-state index contributed by atoms with van der Waals surface area (Å²) in [6.45, 7) is 0. The van der Waals surface area contributed by atoms with Gasteiger partial charge in [-0.2, -0.15) is 0 Å². The van der Waals surface area contributed by atoms with Crippen molar-refractivity contribution >= 4 is 11.5 Å². The van der Waals surface area contributed by atoms with Gasteiger partial charge in [-0.15, -0.1) is 0 Å². The third-order valence-corrected chi connectivity index (χ3v) is 4.69. The van der Waals surface area contributed by atoms with Crippen molar-refractivity contribution in [1.82, 2.24) is 14.4 Å². The van der Waals surface area contributed by atoms with Crippen LogP contribution in [0.15, 0.2) is 30.7 Å². The van der Waals surface area contributed by atoms with E-state index in [1.54, 1.807) is 18.6 Å². The van der Waals surface area contributed by atoms with Gasteiger partial charge in [0.1, 0.15) is 28.8 Å². The van der Waals surface area contributed by atoms with E-state index in [1.807, 2.05) is 4.40 Å². The summed E-state index contributed by atoms with van der Waals surface area (Å²) in [5.74, 6) is 0.0627. The predicted molar refractivity (Wildman–Crippen MR) is 93.9 cm³/mol. The second-order valence-electron chi connectivity index (χ2n) is 6.45. The maximum Gasteiger partial charge on any atom is 0.157 e. The zero-order valence-electron chi connectivity index (χ0n) is 13.7. The minimum Gasteiger partial charge on any atom is -0.508 e. The first-order valence-electron chi connectivity index (χ1n) is 8.47. The van der Waals surface area contributed by atoms with Crippen LogP contribution < -0.4 is 5.32 Å². The highest BCUT2D eigenvalue weighted by atomic mass is 16.3. The van der Waals surface area contributed by atoms with E-state index in [1.165, 1.54) is 31.4 Å². The summed E-state index contributed by atoms with van der Waals surface area (Å²) in [5, 5.41) is 33.6. The molecule has 1 aliphatic rings. The van der Waals surface area contributed by atoms with E-state index in [9.17, 15) is 15.3 Å². The Kier molecular flexibility index (Phi) is 3.83. The van der Waals surface area contributed by atoms with E-state index in [0.717, 1.165) is 12.8 Å². The van der Waals surface area contributed by atoms with E-state index in [2.05, 4.69) is 15.3 Å². The number of imidazole rings is 1. The van der Waals surface area contributed by atoms with Crippen molar-refractivity contribution in [2.24, 2.45) is 0 Å². The summed E-state index contributed by atoms with van der Waals surface area (Å²) in [7, 11) is 0. The van der Waals surface area contributed by atoms with Crippen molar-refractivity contribution in [2.45, 2.75) is 38.1 Å². The smallest absolute Gasteiger partial charge is 0.157 e. The van der Waals surface area contributed by atoms with Gasteiger partial charge in [-0.1, -0.05) is 19.3 Å². The summed E-state index contributed by atoms with van der Waals surface area (Å²) in [6, 6.07) is 2.71. The van der Waals surface area contributed by atoms with Crippen molar-refractivity contribution in [2.75, 3.05) is 5.32 Å². The van der Waals surface area contributed by atoms with Crippen LogP contribution >= 0.6 is 0 Å². The second kappa shape index (κ2) is 6.16. The predicted octanol–water partition coefficient (Wildman–Crippen LogP) is 3.26. The third-order valence-electron chi connectivity index (χ3n) is 4.69. The molecule has 1 saturated carbocycles. The van der Waals surface area contributed by atoms with E-state index in [-0.39, 0.29) is 22.8 Å². The van der Waals surface area contributed by atoms with Crippen molar-refractivity contribution in [3.05, 3.63) is 30.7 Å². The molecule has 25 heavy (non-hydrogen) atoms. The van der Waals surface area contributed by atoms with Gasteiger partial charge in [0.25, 0.3) is 0 Å². The number of aromatic hydroxyl groups is 3. The molecule has 0 radical (unpaired) electrons. The SMILES string of the molecule is Oc1cc(O)c(-c2nc3cnccn3c2NC2CCCCC2)c(O)c1. The lowest BCUT2D eigenvalue weighted by molar-refractivity contribution is 0.430. The zero-order chi connectivity index (χ0) is 17.4. The Bertz CT molecular complexity index is 893. The highest BCUT2D eigenvalue weighted by Crippen LogP contribution is 2.43. The molecule has 4 rings (SSSR count). The molecular weight excluding hydrogens is 320 g/mol. The Morgan fingerprint density at radius 1 is 1.04 bits per heavy atom. The number of rotatable bonds is 3. The van der Waals surface area contributed by atoms with Crippen molar-refractivity contribution in [1.29, 1.82) is 0 Å². The topological polar surface area (TPSA) is 103 Å². The first kappa shape index (κ1) is 15.6. The standard InChI is InChI=1S/C18H20N4O3/c23-12-8-13(24)16(14(25)9-12)17-18(20-11-4-2-1-3-5-11)22-7-6-19-10-15(22)21-17/h6-11,20,23-25H,1-5H2. The monoisotopic (exact) mass is 340 g/mol. The summed E-state index contributed by atoms with van der Waals surface area (Å²) in [5.41, 5.74) is 1.25. The molecule has 7 heteroatoms. The maximum atomic E-state index is 10.3. The lowest BCUT2D eigenvalue weighted by Gasteiger charge is -2.24. The molecule has 130 valence electrons. The lowest BCUT2D eigenvalue weighted by Crippen LogP contribution is -2.23. The average molecular weight is 340 g/mol. The molecule has 0 atom stereocenters. The van der Waals surface area contributed by atoms with E-state index in [0.29, 0.717) is 23.2 Å². The van der Waals surface area contributed by atoms with Gasteiger partial charge in [-0.05, 0) is 12.8 Å². The molecule has 7 nitrogen and oxygen atoms in total. The molecule has 0 aliphatic heterocycles. The molecule has 1 fully saturated rings. The summed E-state index contributed by atoms with van der Waals surface area (Å²) in [4.78, 5) is 8.63. The number of hydrogen-bond acceptors (Lipinski definition) is 6. The number of anilines is 1. The number of aromatic nitrogens is 3. The first-order valence-corrected chi connectivity index (χ1v) is 8.47. The maximum absolute atomic E-state index is 10.3. The van der Waals surface area contributed by atoms with Gasteiger partial charge in [0.2, 0.25) is 0 Å². The van der Waals surface area contributed by atoms with Crippen LogP contribution in [0.2, 0.25) is 0 Å². The van der Waals surface area contributed by atoms with E-state index in [4.69, 9.17) is 0 Å². The average Bonchev–Trinajstić information content (AvgIpc) is 2.93. The Hall–Kier alpha value is -2.96. The first-order chi connectivity index (χ1) is 12.1. The number of nitrogens with one attached hydrogen (secondary N) is 1. The highest BCUT2D eigenvalue weighted by Gasteiger charge is 2.23. The van der Waals surface area contributed by atoms with Gasteiger partial charge in [0.15, 0.2) is 5.65 Å². The number of phenols is 3. The molecule has 2 heterocycles. The molecule has 0 saturated heterocycles. The van der Waals surface area contributed by atoms with Gasteiger partial charge < -0.3 is 20.6 Å². The molecule has 4 N–H and O–H groups in total. The molecular formula is C18H20N4O3. The lowest BCUT2D eigenvalue weighted by atomic mass is 9.95. The molecule has 0 amide bonds. The summed E-state index contributed by atoms with van der Waals surface area (Å²) >= 11 is 0. The summed E-state index contributed by atoms with van der Waals surface area (Å²) in [6.07, 6.45) is 10.9. The van der Waals surface area contributed by atoms with Crippen LogP contribution in [0, 0.1) is 0 Å². The van der Waals surface area contributed by atoms with Crippen LogP contribution in [0.1, 0.15) is 32.1 Å². The fourth-order valence-electron chi connectivity index (χ4n) is 3.50. The van der Waals surface area contributed by atoms with Crippen molar-refractivity contribution in [3.8, 4) is 28.5 Å². The number of nitrogens with zero attached hydrogens (tertiary/aromatic N) is 3. The highest BCUT2D eigenvalue weighted by molar-refractivity contribution is 5.84. The Morgan fingerprint density at radius 2 is 1.76 bits per heavy atom. The zero-order valence-corrected chi connectivity index (χ0v) is 13.7. The third kappa shape index (κ3) is 2.82. The molecule has 0 spiro atoms. The summed E-state index contributed by atoms with van der Waals surface area (Å²) < 4.78 is 1.86. The molecule has 3 aromatic rings. The molecule has 0 bridgehead atoms. The van der Waals surface area contributed by atoms with E-state index >= 15 is 0 Å². The number of benzene rings is 1. The second-order valence-corrected chi connectivity index (χ2v) is 6.45. The Labute approximate surface area is 144 Å². The molecule has 1 aliphatic carbocycles. The quantitative estimate of drug-likeness (QED) is 0.583. The van der Waals surface area contributed by atoms with Crippen LogP contribution in [0.25, 0.3) is 16.9 Å². The minimum atomic E-state index is -0.222. The fourth-order valence-corrected chi connectivity index (χ4v) is 3.50. The number of fused-ring (bicyclic) bond motifs is 1. The van der Waals surface area contributed by atoms with Crippen LogP contribution in [0.3, 0.4) is 0 Å².